The van der Waals surface area contributed by atoms with E-state index in [9.17, 15) is 0 Å². The van der Waals surface area contributed by atoms with Crippen LogP contribution in [0.4, 0.5) is 0 Å². The molecule has 132 valence electrons. The summed E-state index contributed by atoms with van der Waals surface area (Å²) in [6.45, 7) is 6.48. The van der Waals surface area contributed by atoms with Crippen molar-refractivity contribution in [2.24, 2.45) is 0 Å². The molecule has 3 heteroatoms. The second kappa shape index (κ2) is 5.65. The normalized spacial score (nSPS) is 12.3. The summed E-state index contributed by atoms with van der Waals surface area (Å²) in [5.41, 5.74) is 4.32. The summed E-state index contributed by atoms with van der Waals surface area (Å²) in [7, 11) is 0. The average Bonchev–Trinajstić information content (AvgIpc) is 3.04. The van der Waals surface area contributed by atoms with Crippen LogP contribution in [-0.2, 0) is 5.41 Å². The Hall–Kier alpha value is -3.20. The van der Waals surface area contributed by atoms with Crippen molar-refractivity contribution in [3.05, 3.63) is 72.4 Å². The first kappa shape index (κ1) is 16.0. The molecule has 3 nitrogen and oxygen atoms in total. The van der Waals surface area contributed by atoms with Gasteiger partial charge in [-0.15, -0.1) is 0 Å². The van der Waals surface area contributed by atoms with E-state index in [1.165, 1.54) is 10.8 Å². The van der Waals surface area contributed by atoms with Crippen molar-refractivity contribution >= 4 is 32.8 Å². The van der Waals surface area contributed by atoms with Gasteiger partial charge in [0.05, 0.1) is 5.69 Å². The molecule has 0 saturated carbocycles. The van der Waals surface area contributed by atoms with Crippen molar-refractivity contribution in [1.29, 1.82) is 0 Å². The van der Waals surface area contributed by atoms with Crippen LogP contribution in [0.2, 0.25) is 0 Å². The molecule has 0 unspecified atom stereocenters. The first-order valence-electron chi connectivity index (χ1n) is 9.20. The molecule has 0 aliphatic rings. The van der Waals surface area contributed by atoms with E-state index in [4.69, 9.17) is 14.4 Å². The minimum Gasteiger partial charge on any atom is -0.452 e. The Kier molecular flexibility index (Phi) is 3.35. The minimum atomic E-state index is -0.152. The fourth-order valence-corrected chi connectivity index (χ4v) is 3.56. The number of hydrogen-bond acceptors (Lipinski definition) is 3. The van der Waals surface area contributed by atoms with Crippen LogP contribution in [0.15, 0.2) is 71.1 Å². The molecule has 5 aromatic rings. The van der Waals surface area contributed by atoms with Crippen molar-refractivity contribution < 1.29 is 4.42 Å². The summed E-state index contributed by atoms with van der Waals surface area (Å²) in [6, 6.07) is 22.8. The van der Waals surface area contributed by atoms with E-state index >= 15 is 0 Å². The second-order valence-electron chi connectivity index (χ2n) is 7.98. The topological polar surface area (TPSA) is 38.9 Å². The van der Waals surface area contributed by atoms with Crippen molar-refractivity contribution in [3.63, 3.8) is 0 Å². The summed E-state index contributed by atoms with van der Waals surface area (Å²) in [5.74, 6) is 0.740. The molecule has 0 aliphatic heterocycles. The predicted molar refractivity (Wildman–Crippen MR) is 111 cm³/mol. The van der Waals surface area contributed by atoms with E-state index in [1.54, 1.807) is 0 Å². The number of hydrogen-bond donors (Lipinski definition) is 0. The fraction of sp³-hybridized carbons (Fsp3) is 0.167. The molecular formula is C24H20N2O. The van der Waals surface area contributed by atoms with Gasteiger partial charge >= 0.3 is 0 Å². The zero-order valence-corrected chi connectivity index (χ0v) is 15.7. The number of furan rings is 1. The molecule has 2 aromatic heterocycles. The van der Waals surface area contributed by atoms with Crippen molar-refractivity contribution in [2.75, 3.05) is 0 Å². The maximum absolute atomic E-state index is 6.15. The van der Waals surface area contributed by atoms with Gasteiger partial charge in [-0.1, -0.05) is 69.3 Å². The zero-order valence-electron chi connectivity index (χ0n) is 15.7. The monoisotopic (exact) mass is 352 g/mol. The molecular weight excluding hydrogens is 332 g/mol. The number of para-hydroxylation sites is 1. The first-order valence-corrected chi connectivity index (χ1v) is 9.20. The maximum Gasteiger partial charge on any atom is 0.175 e. The summed E-state index contributed by atoms with van der Waals surface area (Å²) in [5, 5.41) is 3.43. The average molecular weight is 352 g/mol. The molecule has 5 rings (SSSR count). The summed E-state index contributed by atoms with van der Waals surface area (Å²) < 4.78 is 6.15. The smallest absolute Gasteiger partial charge is 0.175 e. The summed E-state index contributed by atoms with van der Waals surface area (Å²) in [4.78, 5) is 9.85. The molecule has 0 saturated heterocycles. The van der Waals surface area contributed by atoms with Crippen LogP contribution >= 0.6 is 0 Å². The van der Waals surface area contributed by atoms with Crippen LogP contribution in [0.1, 0.15) is 26.5 Å². The second-order valence-corrected chi connectivity index (χ2v) is 7.98. The van der Waals surface area contributed by atoms with Crippen molar-refractivity contribution in [3.8, 4) is 11.4 Å². The molecule has 0 amide bonds. The predicted octanol–water partition coefficient (Wildman–Crippen LogP) is 6.49. The van der Waals surface area contributed by atoms with Gasteiger partial charge in [0.1, 0.15) is 11.1 Å². The molecule has 0 bridgehead atoms. The highest BCUT2D eigenvalue weighted by Crippen LogP contribution is 2.36. The molecule has 0 spiro atoms. The van der Waals surface area contributed by atoms with Crippen LogP contribution < -0.4 is 0 Å². The van der Waals surface area contributed by atoms with Crippen LogP contribution in [-0.4, -0.2) is 9.97 Å². The molecule has 3 aromatic carbocycles. The lowest BCUT2D eigenvalue weighted by Gasteiger charge is -2.18. The third kappa shape index (κ3) is 2.58. The van der Waals surface area contributed by atoms with Crippen LogP contribution in [0.3, 0.4) is 0 Å². The Morgan fingerprint density at radius 2 is 1.52 bits per heavy atom. The van der Waals surface area contributed by atoms with Gasteiger partial charge in [-0.25, -0.2) is 9.97 Å². The highest BCUT2D eigenvalue weighted by molar-refractivity contribution is 6.03. The number of nitrogens with zero attached hydrogens (tertiary/aromatic N) is 2. The molecule has 0 aliphatic carbocycles. The Labute approximate surface area is 157 Å². The van der Waals surface area contributed by atoms with Crippen molar-refractivity contribution in [1.82, 2.24) is 9.97 Å². The lowest BCUT2D eigenvalue weighted by Crippen LogP contribution is -2.15. The van der Waals surface area contributed by atoms with Crippen LogP contribution in [0, 0.1) is 0 Å². The largest absolute Gasteiger partial charge is 0.452 e. The van der Waals surface area contributed by atoms with E-state index in [0.717, 1.165) is 39.2 Å². The number of rotatable bonds is 1. The molecule has 0 fully saturated rings. The molecule has 27 heavy (non-hydrogen) atoms. The standard InChI is InChI=1S/C24H20N2O/c1-24(2,3)22-21-20(18-10-6-7-11-19(18)27-21)25-23(26-22)17-13-12-15-8-4-5-9-16(15)14-17/h4-14H,1-3H3. The maximum atomic E-state index is 6.15. The van der Waals surface area contributed by atoms with Gasteiger partial charge in [0.15, 0.2) is 11.4 Å². The molecule has 2 heterocycles. The molecule has 0 N–H and O–H groups in total. The van der Waals surface area contributed by atoms with Crippen LogP contribution in [0.5, 0.6) is 0 Å². The van der Waals surface area contributed by atoms with Gasteiger partial charge in [-0.3, -0.25) is 0 Å². The summed E-state index contributed by atoms with van der Waals surface area (Å²) >= 11 is 0. The van der Waals surface area contributed by atoms with E-state index in [1.807, 2.05) is 18.2 Å². The summed E-state index contributed by atoms with van der Waals surface area (Å²) in [6.07, 6.45) is 0. The van der Waals surface area contributed by atoms with Gasteiger partial charge in [0.2, 0.25) is 0 Å². The Morgan fingerprint density at radius 3 is 2.33 bits per heavy atom. The lowest BCUT2D eigenvalue weighted by molar-refractivity contribution is 0.552. The quantitative estimate of drug-likeness (QED) is 0.346. The zero-order chi connectivity index (χ0) is 18.6. The molecule has 0 radical (unpaired) electrons. The number of benzene rings is 3. The van der Waals surface area contributed by atoms with Crippen LogP contribution in [0.25, 0.3) is 44.2 Å². The highest BCUT2D eigenvalue weighted by Gasteiger charge is 2.25. The van der Waals surface area contributed by atoms with E-state index < -0.39 is 0 Å². The third-order valence-electron chi connectivity index (χ3n) is 4.94. The molecule has 0 atom stereocenters. The highest BCUT2D eigenvalue weighted by atomic mass is 16.3. The van der Waals surface area contributed by atoms with E-state index in [0.29, 0.717) is 0 Å². The van der Waals surface area contributed by atoms with E-state index in [2.05, 4.69) is 69.3 Å². The first-order chi connectivity index (χ1) is 13.0. The van der Waals surface area contributed by atoms with Gasteiger partial charge in [0.25, 0.3) is 0 Å². The van der Waals surface area contributed by atoms with Gasteiger partial charge in [-0.05, 0) is 29.0 Å². The number of aromatic nitrogens is 2. The van der Waals surface area contributed by atoms with Gasteiger partial charge < -0.3 is 4.42 Å². The Balaban J connectivity index is 1.84. The van der Waals surface area contributed by atoms with Gasteiger partial charge in [-0.2, -0.15) is 0 Å². The lowest BCUT2D eigenvalue weighted by atomic mass is 9.91. The van der Waals surface area contributed by atoms with E-state index in [-0.39, 0.29) is 5.41 Å². The number of fused-ring (bicyclic) bond motifs is 4. The van der Waals surface area contributed by atoms with Crippen molar-refractivity contribution in [2.45, 2.75) is 26.2 Å². The SMILES string of the molecule is CC(C)(C)c1nc(-c2ccc3ccccc3c2)nc2c1oc1ccccc12. The minimum absolute atomic E-state index is 0.152. The third-order valence-corrected chi connectivity index (χ3v) is 4.94. The fourth-order valence-electron chi connectivity index (χ4n) is 3.56. The Bertz CT molecular complexity index is 1310. The van der Waals surface area contributed by atoms with Gasteiger partial charge in [0, 0.05) is 16.4 Å². The Morgan fingerprint density at radius 1 is 0.778 bits per heavy atom.